The quantitative estimate of drug-likeness (QED) is 0.601. The minimum atomic E-state index is -0.293. The maximum absolute atomic E-state index is 13.0. The molecule has 0 bridgehead atoms. The van der Waals surface area contributed by atoms with Gasteiger partial charge in [-0.1, -0.05) is 29.3 Å². The third-order valence-corrected chi connectivity index (χ3v) is 4.22. The summed E-state index contributed by atoms with van der Waals surface area (Å²) in [5, 5.41) is 1.18. The number of halogens is 3. The predicted octanol–water partition coefficient (Wildman–Crippen LogP) is 5.19. The predicted molar refractivity (Wildman–Crippen MR) is 93.3 cm³/mol. The van der Waals surface area contributed by atoms with Gasteiger partial charge in [-0.3, -0.25) is 0 Å². The largest absolute Gasteiger partial charge is 0.493 e. The molecule has 2 aromatic carbocycles. The maximum Gasteiger partial charge on any atom is 0.123 e. The Kier molecular flexibility index (Phi) is 5.38. The van der Waals surface area contributed by atoms with E-state index < -0.39 is 0 Å². The third-order valence-electron chi connectivity index (χ3n) is 3.66. The summed E-state index contributed by atoms with van der Waals surface area (Å²) >= 11 is 12.3. The summed E-state index contributed by atoms with van der Waals surface area (Å²) in [5.74, 6) is 0.309. The molecule has 1 aromatic heterocycles. The van der Waals surface area contributed by atoms with E-state index in [1.165, 1.54) is 12.1 Å². The smallest absolute Gasteiger partial charge is 0.123 e. The van der Waals surface area contributed by atoms with Gasteiger partial charge in [0.1, 0.15) is 11.6 Å². The van der Waals surface area contributed by atoms with Crippen molar-refractivity contribution in [3.05, 3.63) is 82.6 Å². The van der Waals surface area contributed by atoms with Crippen LogP contribution in [-0.2, 0) is 6.54 Å². The van der Waals surface area contributed by atoms with Gasteiger partial charge in [-0.25, -0.2) is 9.37 Å². The first-order valence-electron chi connectivity index (χ1n) is 7.41. The molecule has 0 N–H and O–H groups in total. The van der Waals surface area contributed by atoms with Crippen molar-refractivity contribution in [1.29, 1.82) is 0 Å². The van der Waals surface area contributed by atoms with Crippen LogP contribution in [0.15, 0.2) is 61.2 Å². The highest BCUT2D eigenvalue weighted by Gasteiger charge is 2.17. The van der Waals surface area contributed by atoms with Gasteiger partial charge in [-0.05, 0) is 42.0 Å². The first-order chi connectivity index (χ1) is 11.6. The molecule has 0 aliphatic rings. The highest BCUT2D eigenvalue weighted by molar-refractivity contribution is 6.35. The summed E-state index contributed by atoms with van der Waals surface area (Å²) in [6.07, 6.45) is 5.35. The van der Waals surface area contributed by atoms with Crippen molar-refractivity contribution < 1.29 is 9.13 Å². The molecule has 0 fully saturated rings. The second-order valence-electron chi connectivity index (χ2n) is 5.39. The van der Waals surface area contributed by atoms with E-state index in [1.807, 2.05) is 22.9 Å². The van der Waals surface area contributed by atoms with Crippen LogP contribution in [0.3, 0.4) is 0 Å². The minimum Gasteiger partial charge on any atom is -0.493 e. The lowest BCUT2D eigenvalue weighted by atomic mass is 9.99. The average molecular weight is 365 g/mol. The molecular formula is C18H15Cl2FN2O. The van der Waals surface area contributed by atoms with Crippen LogP contribution in [0, 0.1) is 5.82 Å². The van der Waals surface area contributed by atoms with Crippen molar-refractivity contribution in [3.8, 4) is 5.75 Å². The molecular weight excluding hydrogens is 350 g/mol. The Morgan fingerprint density at radius 2 is 1.92 bits per heavy atom. The number of aromatic nitrogens is 2. The zero-order chi connectivity index (χ0) is 16.9. The fraction of sp³-hybridized carbons (Fsp3) is 0.167. The fourth-order valence-electron chi connectivity index (χ4n) is 2.45. The van der Waals surface area contributed by atoms with Crippen LogP contribution in [0.2, 0.25) is 10.0 Å². The average Bonchev–Trinajstić information content (AvgIpc) is 3.06. The fourth-order valence-corrected chi connectivity index (χ4v) is 3.01. The van der Waals surface area contributed by atoms with E-state index in [-0.39, 0.29) is 11.7 Å². The van der Waals surface area contributed by atoms with E-state index in [0.29, 0.717) is 28.9 Å². The first-order valence-corrected chi connectivity index (χ1v) is 8.16. The summed E-state index contributed by atoms with van der Waals surface area (Å²) in [7, 11) is 0. The number of nitrogens with zero attached hydrogens (tertiary/aromatic N) is 2. The third kappa shape index (κ3) is 4.28. The summed E-state index contributed by atoms with van der Waals surface area (Å²) in [6, 6.07) is 11.4. The van der Waals surface area contributed by atoms with Crippen LogP contribution in [0.25, 0.3) is 0 Å². The van der Waals surface area contributed by atoms with Gasteiger partial charge in [-0.2, -0.15) is 0 Å². The molecule has 0 amide bonds. The number of hydrogen-bond acceptors (Lipinski definition) is 2. The Balaban J connectivity index is 1.80. The minimum absolute atomic E-state index is 0.00554. The standard InChI is InChI=1S/C18H15Cl2FN2O/c19-14-1-6-17(18(20)9-14)13(10-23-8-7-22-12-23)11-24-16-4-2-15(21)3-5-16/h1-9,12-13H,10-11H2. The second kappa shape index (κ2) is 7.69. The number of benzene rings is 2. The molecule has 3 aromatic rings. The van der Waals surface area contributed by atoms with Crippen molar-refractivity contribution in [1.82, 2.24) is 9.55 Å². The van der Waals surface area contributed by atoms with Gasteiger partial charge in [0.15, 0.2) is 0 Å². The van der Waals surface area contributed by atoms with Gasteiger partial charge >= 0.3 is 0 Å². The summed E-state index contributed by atoms with van der Waals surface area (Å²) in [6.45, 7) is 1.05. The lowest BCUT2D eigenvalue weighted by Crippen LogP contribution is -2.16. The van der Waals surface area contributed by atoms with Crippen LogP contribution in [0.1, 0.15) is 11.5 Å². The van der Waals surface area contributed by atoms with Crippen LogP contribution in [0.4, 0.5) is 4.39 Å². The van der Waals surface area contributed by atoms with Gasteiger partial charge in [0.25, 0.3) is 0 Å². The van der Waals surface area contributed by atoms with Gasteiger partial charge in [0, 0.05) is 34.9 Å². The summed E-state index contributed by atoms with van der Waals surface area (Å²) in [4.78, 5) is 4.06. The molecule has 1 heterocycles. The van der Waals surface area contributed by atoms with Crippen molar-refractivity contribution in [2.75, 3.05) is 6.61 Å². The Morgan fingerprint density at radius 3 is 2.58 bits per heavy atom. The van der Waals surface area contributed by atoms with Crippen LogP contribution >= 0.6 is 23.2 Å². The molecule has 0 radical (unpaired) electrons. The second-order valence-corrected chi connectivity index (χ2v) is 6.23. The van der Waals surface area contributed by atoms with E-state index in [1.54, 1.807) is 30.7 Å². The van der Waals surface area contributed by atoms with Gasteiger partial charge in [0.2, 0.25) is 0 Å². The van der Waals surface area contributed by atoms with Gasteiger partial charge in [0.05, 0.1) is 12.9 Å². The van der Waals surface area contributed by atoms with Crippen LogP contribution in [0.5, 0.6) is 5.75 Å². The normalized spacial score (nSPS) is 12.1. The Hall–Kier alpha value is -2.04. The molecule has 6 heteroatoms. The number of imidazole rings is 1. The van der Waals surface area contributed by atoms with Crippen molar-refractivity contribution >= 4 is 23.2 Å². The maximum atomic E-state index is 13.0. The highest BCUT2D eigenvalue weighted by Crippen LogP contribution is 2.29. The van der Waals surface area contributed by atoms with E-state index >= 15 is 0 Å². The first kappa shape index (κ1) is 16.8. The Morgan fingerprint density at radius 1 is 1.12 bits per heavy atom. The molecule has 1 atom stereocenters. The lowest BCUT2D eigenvalue weighted by molar-refractivity contribution is 0.274. The molecule has 0 spiro atoms. The molecule has 0 aliphatic heterocycles. The zero-order valence-corrected chi connectivity index (χ0v) is 14.2. The molecule has 0 saturated carbocycles. The monoisotopic (exact) mass is 364 g/mol. The van der Waals surface area contributed by atoms with Crippen LogP contribution in [-0.4, -0.2) is 16.2 Å². The van der Waals surface area contributed by atoms with Crippen molar-refractivity contribution in [3.63, 3.8) is 0 Å². The van der Waals surface area contributed by atoms with Gasteiger partial charge in [-0.15, -0.1) is 0 Å². The van der Waals surface area contributed by atoms with E-state index in [2.05, 4.69) is 4.98 Å². The van der Waals surface area contributed by atoms with Crippen molar-refractivity contribution in [2.45, 2.75) is 12.5 Å². The van der Waals surface area contributed by atoms with Gasteiger partial charge < -0.3 is 9.30 Å². The molecule has 0 saturated heterocycles. The number of rotatable bonds is 6. The molecule has 124 valence electrons. The lowest BCUT2D eigenvalue weighted by Gasteiger charge is -2.20. The van der Waals surface area contributed by atoms with Crippen LogP contribution < -0.4 is 4.74 Å². The molecule has 3 nitrogen and oxygen atoms in total. The van der Waals surface area contributed by atoms with Crippen molar-refractivity contribution in [2.24, 2.45) is 0 Å². The SMILES string of the molecule is Fc1ccc(OCC(Cn2ccnc2)c2ccc(Cl)cc2Cl)cc1. The summed E-state index contributed by atoms with van der Waals surface area (Å²) < 4.78 is 20.8. The molecule has 1 unspecified atom stereocenters. The topological polar surface area (TPSA) is 27.1 Å². The molecule has 3 rings (SSSR count). The van der Waals surface area contributed by atoms with E-state index in [9.17, 15) is 4.39 Å². The molecule has 0 aliphatic carbocycles. The zero-order valence-electron chi connectivity index (χ0n) is 12.7. The molecule has 24 heavy (non-hydrogen) atoms. The number of hydrogen-bond donors (Lipinski definition) is 0. The summed E-state index contributed by atoms with van der Waals surface area (Å²) in [5.41, 5.74) is 0.942. The Bertz CT molecular complexity index is 791. The van der Waals surface area contributed by atoms with E-state index in [0.717, 1.165) is 5.56 Å². The van der Waals surface area contributed by atoms with E-state index in [4.69, 9.17) is 27.9 Å². The highest BCUT2D eigenvalue weighted by atomic mass is 35.5. The Labute approximate surface area is 149 Å². The number of ether oxygens (including phenoxy) is 1.